The zero-order valence-electron chi connectivity index (χ0n) is 10.7. The molecule has 5 nitrogen and oxygen atoms in total. The summed E-state index contributed by atoms with van der Waals surface area (Å²) in [4.78, 5) is -0.211. The molecule has 0 aliphatic carbocycles. The molecule has 0 heterocycles. The Labute approximate surface area is 117 Å². The van der Waals surface area contributed by atoms with Gasteiger partial charge in [-0.05, 0) is 37.3 Å². The van der Waals surface area contributed by atoms with Crippen LogP contribution in [0.2, 0.25) is 0 Å². The molecule has 2 N–H and O–H groups in total. The van der Waals surface area contributed by atoms with E-state index in [1.807, 2.05) is 25.1 Å². The minimum atomic E-state index is -3.97. The van der Waals surface area contributed by atoms with E-state index in [0.717, 1.165) is 5.56 Å². The Balaban J connectivity index is 2.46. The van der Waals surface area contributed by atoms with E-state index in [-0.39, 0.29) is 16.2 Å². The van der Waals surface area contributed by atoms with Crippen molar-refractivity contribution in [2.24, 2.45) is 5.14 Å². The first-order valence-corrected chi connectivity index (χ1v) is 7.26. The molecule has 2 aromatic carbocycles. The van der Waals surface area contributed by atoms with Crippen LogP contribution in [0.5, 0.6) is 11.5 Å². The Morgan fingerprint density at radius 2 is 1.80 bits per heavy atom. The lowest BCUT2D eigenvalue weighted by Gasteiger charge is -2.10. The zero-order chi connectivity index (χ0) is 14.8. The van der Waals surface area contributed by atoms with Gasteiger partial charge in [0, 0.05) is 0 Å². The van der Waals surface area contributed by atoms with Gasteiger partial charge in [0.15, 0.2) is 0 Å². The molecule has 2 aromatic rings. The van der Waals surface area contributed by atoms with Gasteiger partial charge in [0.1, 0.15) is 16.4 Å². The van der Waals surface area contributed by atoms with E-state index < -0.39 is 10.0 Å². The molecule has 0 saturated heterocycles. The van der Waals surface area contributed by atoms with E-state index in [1.165, 1.54) is 18.2 Å². The van der Waals surface area contributed by atoms with Gasteiger partial charge in [-0.1, -0.05) is 17.7 Å². The summed E-state index contributed by atoms with van der Waals surface area (Å²) in [7, 11) is -3.97. The van der Waals surface area contributed by atoms with Crippen LogP contribution >= 0.6 is 0 Å². The third-order valence-electron chi connectivity index (χ3n) is 2.63. The number of hydrogen-bond donors (Lipinski definition) is 1. The Morgan fingerprint density at radius 1 is 1.15 bits per heavy atom. The van der Waals surface area contributed by atoms with E-state index in [9.17, 15) is 8.42 Å². The van der Waals surface area contributed by atoms with Crippen LogP contribution in [0.25, 0.3) is 0 Å². The van der Waals surface area contributed by atoms with Crippen LogP contribution in [-0.4, -0.2) is 8.42 Å². The molecule has 6 heteroatoms. The number of rotatable bonds is 3. The van der Waals surface area contributed by atoms with Crippen molar-refractivity contribution in [3.05, 3.63) is 53.6 Å². The maximum Gasteiger partial charge on any atom is 0.241 e. The first kappa shape index (κ1) is 14.1. The molecule has 0 radical (unpaired) electrons. The monoisotopic (exact) mass is 288 g/mol. The summed E-state index contributed by atoms with van der Waals surface area (Å²) >= 11 is 0. The molecule has 20 heavy (non-hydrogen) atoms. The van der Waals surface area contributed by atoms with Crippen LogP contribution in [0.4, 0.5) is 0 Å². The van der Waals surface area contributed by atoms with Gasteiger partial charge >= 0.3 is 0 Å². The minimum Gasteiger partial charge on any atom is -0.456 e. The second kappa shape index (κ2) is 5.33. The number of nitrogens with zero attached hydrogens (tertiary/aromatic N) is 1. The summed E-state index contributed by atoms with van der Waals surface area (Å²) < 4.78 is 28.6. The van der Waals surface area contributed by atoms with E-state index in [0.29, 0.717) is 5.75 Å². The SMILES string of the molecule is Cc1ccc(Oc2ccc(C#N)cc2S(N)(=O)=O)cc1. The van der Waals surface area contributed by atoms with Crippen molar-refractivity contribution in [2.45, 2.75) is 11.8 Å². The first-order chi connectivity index (χ1) is 9.40. The van der Waals surface area contributed by atoms with Crippen LogP contribution in [0.3, 0.4) is 0 Å². The molecule has 102 valence electrons. The van der Waals surface area contributed by atoms with Crippen molar-refractivity contribution in [2.75, 3.05) is 0 Å². The van der Waals surface area contributed by atoms with Crippen LogP contribution in [0.15, 0.2) is 47.4 Å². The molecular formula is C14H12N2O3S. The van der Waals surface area contributed by atoms with Gasteiger partial charge in [0.05, 0.1) is 11.6 Å². The van der Waals surface area contributed by atoms with Crippen molar-refractivity contribution in [3.8, 4) is 17.6 Å². The van der Waals surface area contributed by atoms with Crippen LogP contribution < -0.4 is 9.88 Å². The molecule has 0 atom stereocenters. The van der Waals surface area contributed by atoms with E-state index in [4.69, 9.17) is 15.1 Å². The largest absolute Gasteiger partial charge is 0.456 e. The van der Waals surface area contributed by atoms with Gasteiger partial charge in [0.25, 0.3) is 0 Å². The summed E-state index contributed by atoms with van der Waals surface area (Å²) in [6, 6.07) is 13.1. The molecule has 0 aliphatic rings. The van der Waals surface area contributed by atoms with Gasteiger partial charge in [-0.3, -0.25) is 0 Å². The van der Waals surface area contributed by atoms with Gasteiger partial charge in [0.2, 0.25) is 10.0 Å². The Bertz CT molecular complexity index is 775. The lowest BCUT2D eigenvalue weighted by molar-refractivity contribution is 0.467. The third-order valence-corrected chi connectivity index (χ3v) is 3.56. The molecular weight excluding hydrogens is 276 g/mol. The maximum atomic E-state index is 11.6. The number of benzene rings is 2. The van der Waals surface area contributed by atoms with E-state index >= 15 is 0 Å². The maximum absolute atomic E-state index is 11.6. The summed E-state index contributed by atoms with van der Waals surface area (Å²) in [6.45, 7) is 1.93. The Hall–Kier alpha value is -2.36. The minimum absolute atomic E-state index is 0.0929. The standard InChI is InChI=1S/C14H12N2O3S/c1-10-2-5-12(6-3-10)19-13-7-4-11(9-15)8-14(13)20(16,17)18/h2-8H,1H3,(H2,16,17,18). The third kappa shape index (κ3) is 3.15. The summed E-state index contributed by atoms with van der Waals surface area (Å²) in [5.41, 5.74) is 1.26. The van der Waals surface area contributed by atoms with E-state index in [2.05, 4.69) is 0 Å². The second-order valence-corrected chi connectivity index (χ2v) is 5.76. The molecule has 0 bridgehead atoms. The van der Waals surface area contributed by atoms with Gasteiger partial charge in [-0.2, -0.15) is 5.26 Å². The lowest BCUT2D eigenvalue weighted by atomic mass is 10.2. The van der Waals surface area contributed by atoms with Crippen molar-refractivity contribution in [1.82, 2.24) is 0 Å². The summed E-state index contributed by atoms with van der Waals surface area (Å²) in [6.07, 6.45) is 0. The number of ether oxygens (including phenoxy) is 1. The Morgan fingerprint density at radius 3 is 2.35 bits per heavy atom. The average molecular weight is 288 g/mol. The summed E-state index contributed by atoms with van der Waals surface area (Å²) in [5.74, 6) is 0.584. The highest BCUT2D eigenvalue weighted by atomic mass is 32.2. The number of nitriles is 1. The van der Waals surface area contributed by atoms with Gasteiger partial charge < -0.3 is 4.74 Å². The lowest BCUT2D eigenvalue weighted by Crippen LogP contribution is -2.13. The quantitative estimate of drug-likeness (QED) is 0.937. The van der Waals surface area contributed by atoms with Crippen LogP contribution in [0.1, 0.15) is 11.1 Å². The smallest absolute Gasteiger partial charge is 0.241 e. The van der Waals surface area contributed by atoms with Crippen LogP contribution in [-0.2, 0) is 10.0 Å². The van der Waals surface area contributed by atoms with Crippen molar-refractivity contribution >= 4 is 10.0 Å². The molecule has 2 rings (SSSR count). The number of aryl methyl sites for hydroxylation is 1. The fourth-order valence-corrected chi connectivity index (χ4v) is 2.30. The summed E-state index contributed by atoms with van der Waals surface area (Å²) in [5, 5.41) is 14.0. The molecule has 0 unspecified atom stereocenters. The number of primary sulfonamides is 1. The molecule has 0 aromatic heterocycles. The fourth-order valence-electron chi connectivity index (χ4n) is 1.62. The second-order valence-electron chi connectivity index (χ2n) is 4.23. The van der Waals surface area contributed by atoms with Crippen LogP contribution in [0, 0.1) is 18.3 Å². The molecule has 0 amide bonds. The first-order valence-electron chi connectivity index (χ1n) is 5.71. The van der Waals surface area contributed by atoms with Crippen molar-refractivity contribution < 1.29 is 13.2 Å². The topological polar surface area (TPSA) is 93.2 Å². The Kier molecular flexibility index (Phi) is 3.74. The number of sulfonamides is 1. The predicted octanol–water partition coefficient (Wildman–Crippen LogP) is 2.31. The van der Waals surface area contributed by atoms with Gasteiger partial charge in [-0.25, -0.2) is 13.6 Å². The molecule has 0 saturated carbocycles. The average Bonchev–Trinajstić information content (AvgIpc) is 2.40. The molecule has 0 fully saturated rings. The number of nitrogens with two attached hydrogens (primary N) is 1. The highest BCUT2D eigenvalue weighted by Crippen LogP contribution is 2.29. The van der Waals surface area contributed by atoms with E-state index in [1.54, 1.807) is 12.1 Å². The normalized spacial score (nSPS) is 10.8. The zero-order valence-corrected chi connectivity index (χ0v) is 11.5. The fraction of sp³-hybridized carbons (Fsp3) is 0.0714. The number of hydrogen-bond acceptors (Lipinski definition) is 4. The molecule has 0 aliphatic heterocycles. The van der Waals surface area contributed by atoms with Crippen molar-refractivity contribution in [3.63, 3.8) is 0 Å². The highest BCUT2D eigenvalue weighted by molar-refractivity contribution is 7.89. The van der Waals surface area contributed by atoms with Gasteiger partial charge in [-0.15, -0.1) is 0 Å². The highest BCUT2D eigenvalue weighted by Gasteiger charge is 2.16. The molecule has 0 spiro atoms. The van der Waals surface area contributed by atoms with Crippen molar-refractivity contribution in [1.29, 1.82) is 5.26 Å². The predicted molar refractivity (Wildman–Crippen MR) is 73.8 cm³/mol.